The Labute approximate surface area is 129 Å². The molecule has 1 aromatic carbocycles. The molecule has 0 saturated heterocycles. The lowest BCUT2D eigenvalue weighted by Crippen LogP contribution is -2.32. The van der Waals surface area contributed by atoms with Gasteiger partial charge in [0, 0.05) is 18.6 Å². The second kappa shape index (κ2) is 5.79. The van der Waals surface area contributed by atoms with Crippen molar-refractivity contribution in [2.45, 2.75) is 32.3 Å². The van der Waals surface area contributed by atoms with Crippen LogP contribution in [-0.2, 0) is 26.1 Å². The molecule has 0 bridgehead atoms. The fourth-order valence-electron chi connectivity index (χ4n) is 2.19. The topological polar surface area (TPSA) is 70.4 Å². The van der Waals surface area contributed by atoms with Crippen molar-refractivity contribution in [3.63, 3.8) is 0 Å². The summed E-state index contributed by atoms with van der Waals surface area (Å²) in [6.45, 7) is 5.26. The predicted molar refractivity (Wildman–Crippen MR) is 81.3 cm³/mol. The number of fused-ring (bicyclic) bond motifs is 1. The summed E-state index contributed by atoms with van der Waals surface area (Å²) in [6.07, 6.45) is 1.82. The van der Waals surface area contributed by atoms with Gasteiger partial charge in [0.25, 0.3) is 0 Å². The molecule has 1 heterocycles. The molecular formula is C16H20N2O4. The molecule has 1 aromatic heterocycles. The van der Waals surface area contributed by atoms with E-state index in [2.05, 4.69) is 5.10 Å². The van der Waals surface area contributed by atoms with Gasteiger partial charge >= 0.3 is 11.9 Å². The third-order valence-electron chi connectivity index (χ3n) is 3.06. The van der Waals surface area contributed by atoms with Gasteiger partial charge in [0.1, 0.15) is 5.60 Å². The van der Waals surface area contributed by atoms with E-state index in [0.29, 0.717) is 5.56 Å². The second-order valence-electron chi connectivity index (χ2n) is 6.11. The van der Waals surface area contributed by atoms with Gasteiger partial charge in [0.15, 0.2) is 5.92 Å². The highest BCUT2D eigenvalue weighted by Crippen LogP contribution is 2.25. The Morgan fingerprint density at radius 2 is 1.91 bits per heavy atom. The van der Waals surface area contributed by atoms with Crippen LogP contribution in [0.15, 0.2) is 24.4 Å². The first-order valence-electron chi connectivity index (χ1n) is 6.95. The van der Waals surface area contributed by atoms with Crippen molar-refractivity contribution >= 4 is 22.8 Å². The predicted octanol–water partition coefficient (Wildman–Crippen LogP) is 2.17. The Kier molecular flexibility index (Phi) is 4.21. The minimum Gasteiger partial charge on any atom is -0.468 e. The molecule has 0 spiro atoms. The molecule has 6 nitrogen and oxygen atoms in total. The molecule has 1 atom stereocenters. The highest BCUT2D eigenvalue weighted by molar-refractivity contribution is 6.01. The number of carbonyl (C=O) groups is 2. The molecule has 6 heteroatoms. The summed E-state index contributed by atoms with van der Waals surface area (Å²) in [5.41, 5.74) is 0.641. The zero-order valence-electron chi connectivity index (χ0n) is 13.4. The smallest absolute Gasteiger partial charge is 0.325 e. The first-order chi connectivity index (χ1) is 10.2. The first-order valence-corrected chi connectivity index (χ1v) is 6.95. The van der Waals surface area contributed by atoms with Crippen LogP contribution in [-0.4, -0.2) is 34.4 Å². The number of ether oxygens (including phenoxy) is 2. The maximum atomic E-state index is 12.4. The molecular weight excluding hydrogens is 284 g/mol. The van der Waals surface area contributed by atoms with Gasteiger partial charge in [-0.15, -0.1) is 0 Å². The summed E-state index contributed by atoms with van der Waals surface area (Å²) in [6, 6.07) is 5.22. The van der Waals surface area contributed by atoms with Crippen LogP contribution in [0, 0.1) is 0 Å². The monoisotopic (exact) mass is 304 g/mol. The molecule has 0 aliphatic heterocycles. The van der Waals surface area contributed by atoms with E-state index in [-0.39, 0.29) is 0 Å². The number of aromatic nitrogens is 2. The maximum absolute atomic E-state index is 12.4. The van der Waals surface area contributed by atoms with Crippen molar-refractivity contribution < 1.29 is 19.1 Å². The summed E-state index contributed by atoms with van der Waals surface area (Å²) in [7, 11) is 3.06. The lowest BCUT2D eigenvalue weighted by atomic mass is 9.97. The van der Waals surface area contributed by atoms with Gasteiger partial charge in [-0.3, -0.25) is 14.3 Å². The third kappa shape index (κ3) is 3.44. The van der Waals surface area contributed by atoms with E-state index < -0.39 is 23.5 Å². The van der Waals surface area contributed by atoms with E-state index >= 15 is 0 Å². The highest BCUT2D eigenvalue weighted by atomic mass is 16.6. The van der Waals surface area contributed by atoms with E-state index in [1.807, 2.05) is 13.2 Å². The van der Waals surface area contributed by atoms with E-state index in [1.54, 1.807) is 43.7 Å². The van der Waals surface area contributed by atoms with Crippen molar-refractivity contribution in [3.8, 4) is 0 Å². The number of esters is 2. The normalized spacial score (nSPS) is 13.0. The van der Waals surface area contributed by atoms with E-state index in [4.69, 9.17) is 9.47 Å². The third-order valence-corrected chi connectivity index (χ3v) is 3.06. The molecule has 22 heavy (non-hydrogen) atoms. The maximum Gasteiger partial charge on any atom is 0.325 e. The van der Waals surface area contributed by atoms with E-state index in [0.717, 1.165) is 10.9 Å². The van der Waals surface area contributed by atoms with Crippen LogP contribution in [0.4, 0.5) is 0 Å². The quantitative estimate of drug-likeness (QED) is 0.642. The zero-order valence-corrected chi connectivity index (χ0v) is 13.4. The number of nitrogens with zero attached hydrogens (tertiary/aromatic N) is 2. The Morgan fingerprint density at radius 3 is 2.50 bits per heavy atom. The van der Waals surface area contributed by atoms with Gasteiger partial charge in [-0.25, -0.2) is 0 Å². The minimum absolute atomic E-state index is 0.529. The lowest BCUT2D eigenvalue weighted by Gasteiger charge is -2.23. The first kappa shape index (κ1) is 16.0. The summed E-state index contributed by atoms with van der Waals surface area (Å²) < 4.78 is 11.8. The van der Waals surface area contributed by atoms with E-state index in [1.165, 1.54) is 7.11 Å². The molecule has 0 fully saturated rings. The average Bonchev–Trinajstić information content (AvgIpc) is 2.76. The number of methoxy groups -OCH3 is 1. The van der Waals surface area contributed by atoms with Crippen molar-refractivity contribution in [3.05, 3.63) is 30.0 Å². The van der Waals surface area contributed by atoms with Crippen molar-refractivity contribution in [2.75, 3.05) is 7.11 Å². The lowest BCUT2D eigenvalue weighted by molar-refractivity contribution is -0.163. The Morgan fingerprint density at radius 1 is 1.23 bits per heavy atom. The molecule has 0 aliphatic rings. The van der Waals surface area contributed by atoms with Gasteiger partial charge in [0.2, 0.25) is 0 Å². The van der Waals surface area contributed by atoms with Crippen LogP contribution in [0.2, 0.25) is 0 Å². The zero-order chi connectivity index (χ0) is 16.5. The molecule has 0 amide bonds. The standard InChI is InChI=1S/C16H20N2O4/c1-16(2,3)22-15(20)13(14(19)21-5)10-6-7-12-11(8-10)9-18(4)17-12/h6-9,13H,1-5H3. The average molecular weight is 304 g/mol. The Bertz CT molecular complexity index is 712. The summed E-state index contributed by atoms with van der Waals surface area (Å²) in [5.74, 6) is -2.37. The van der Waals surface area contributed by atoms with Crippen molar-refractivity contribution in [2.24, 2.45) is 7.05 Å². The van der Waals surface area contributed by atoms with Crippen LogP contribution >= 0.6 is 0 Å². The van der Waals surface area contributed by atoms with E-state index in [9.17, 15) is 9.59 Å². The van der Waals surface area contributed by atoms with Crippen LogP contribution < -0.4 is 0 Å². The van der Waals surface area contributed by atoms with Gasteiger partial charge < -0.3 is 9.47 Å². The Balaban J connectivity index is 2.42. The van der Waals surface area contributed by atoms with Crippen molar-refractivity contribution in [1.82, 2.24) is 9.78 Å². The number of benzene rings is 1. The number of hydrogen-bond donors (Lipinski definition) is 0. The van der Waals surface area contributed by atoms with Crippen molar-refractivity contribution in [1.29, 1.82) is 0 Å². The Hall–Kier alpha value is -2.37. The SMILES string of the molecule is COC(=O)C(C(=O)OC(C)(C)C)c1ccc2nn(C)cc2c1. The fraction of sp³-hybridized carbons (Fsp3) is 0.438. The summed E-state index contributed by atoms with van der Waals surface area (Å²) in [5, 5.41) is 5.11. The summed E-state index contributed by atoms with van der Waals surface area (Å²) >= 11 is 0. The molecule has 0 radical (unpaired) electrons. The van der Waals surface area contributed by atoms with Crippen LogP contribution in [0.1, 0.15) is 32.3 Å². The highest BCUT2D eigenvalue weighted by Gasteiger charge is 2.34. The molecule has 1 unspecified atom stereocenters. The second-order valence-corrected chi connectivity index (χ2v) is 6.11. The molecule has 0 aliphatic carbocycles. The number of hydrogen-bond acceptors (Lipinski definition) is 5. The number of aryl methyl sites for hydroxylation is 1. The summed E-state index contributed by atoms with van der Waals surface area (Å²) in [4.78, 5) is 24.4. The van der Waals surface area contributed by atoms with Crippen LogP contribution in [0.3, 0.4) is 0 Å². The number of carbonyl (C=O) groups excluding carboxylic acids is 2. The molecule has 118 valence electrons. The number of rotatable bonds is 3. The molecule has 2 rings (SSSR count). The molecule has 2 aromatic rings. The largest absolute Gasteiger partial charge is 0.468 e. The van der Waals surface area contributed by atoms with Gasteiger partial charge in [-0.05, 0) is 38.5 Å². The van der Waals surface area contributed by atoms with Gasteiger partial charge in [-0.2, -0.15) is 5.10 Å². The van der Waals surface area contributed by atoms with Gasteiger partial charge in [-0.1, -0.05) is 6.07 Å². The molecule has 0 saturated carbocycles. The van der Waals surface area contributed by atoms with Gasteiger partial charge in [0.05, 0.1) is 12.6 Å². The fourth-order valence-corrected chi connectivity index (χ4v) is 2.19. The molecule has 0 N–H and O–H groups in total. The minimum atomic E-state index is -1.10. The van der Waals surface area contributed by atoms with Crippen LogP contribution in [0.5, 0.6) is 0 Å². The van der Waals surface area contributed by atoms with Crippen LogP contribution in [0.25, 0.3) is 10.9 Å².